The number of rotatable bonds is 5. The van der Waals surface area contributed by atoms with Crippen molar-refractivity contribution in [1.82, 2.24) is 15.3 Å². The van der Waals surface area contributed by atoms with Crippen LogP contribution in [0.1, 0.15) is 35.5 Å². The van der Waals surface area contributed by atoms with Crippen molar-refractivity contribution < 1.29 is 9.53 Å². The van der Waals surface area contributed by atoms with E-state index in [2.05, 4.69) is 27.1 Å². The molecule has 2 heterocycles. The Morgan fingerprint density at radius 3 is 2.44 bits per heavy atom. The van der Waals surface area contributed by atoms with Gasteiger partial charge in [-0.1, -0.05) is 12.1 Å². The minimum absolute atomic E-state index is 0.0591. The number of hydrogen-bond acceptors (Lipinski definition) is 5. The van der Waals surface area contributed by atoms with Gasteiger partial charge in [0.15, 0.2) is 0 Å². The van der Waals surface area contributed by atoms with Gasteiger partial charge < -0.3 is 15.0 Å². The molecule has 0 atom stereocenters. The van der Waals surface area contributed by atoms with E-state index in [9.17, 15) is 4.79 Å². The van der Waals surface area contributed by atoms with Crippen LogP contribution in [0.15, 0.2) is 24.3 Å². The number of anilines is 1. The van der Waals surface area contributed by atoms with Crippen molar-refractivity contribution in [2.45, 2.75) is 40.2 Å². The minimum atomic E-state index is 0.0591. The van der Waals surface area contributed by atoms with Crippen LogP contribution in [0.3, 0.4) is 0 Å². The van der Waals surface area contributed by atoms with E-state index < -0.39 is 0 Å². The van der Waals surface area contributed by atoms with Crippen LogP contribution in [-0.4, -0.2) is 36.1 Å². The number of hydrogen-bond donors (Lipinski definition) is 1. The summed E-state index contributed by atoms with van der Waals surface area (Å²) in [5.41, 5.74) is 3.23. The largest absolute Gasteiger partial charge is 0.497 e. The number of aryl methyl sites for hydroxylation is 2. The summed E-state index contributed by atoms with van der Waals surface area (Å²) in [5.74, 6) is 2.83. The molecule has 6 nitrogen and oxygen atoms in total. The molecule has 0 bridgehead atoms. The lowest BCUT2D eigenvalue weighted by Gasteiger charge is -2.33. The van der Waals surface area contributed by atoms with Crippen LogP contribution in [0.5, 0.6) is 5.75 Å². The molecular formula is C21H28N4O2. The van der Waals surface area contributed by atoms with Gasteiger partial charge in [-0.25, -0.2) is 9.97 Å². The third-order valence-corrected chi connectivity index (χ3v) is 5.27. The first-order chi connectivity index (χ1) is 13.0. The quantitative estimate of drug-likeness (QED) is 0.879. The molecule has 0 radical (unpaired) electrons. The van der Waals surface area contributed by atoms with Gasteiger partial charge in [-0.2, -0.15) is 0 Å². The zero-order chi connectivity index (χ0) is 19.4. The van der Waals surface area contributed by atoms with E-state index in [0.29, 0.717) is 6.54 Å². The molecule has 1 aromatic heterocycles. The molecule has 1 amide bonds. The van der Waals surface area contributed by atoms with Gasteiger partial charge in [-0.15, -0.1) is 0 Å². The van der Waals surface area contributed by atoms with Crippen LogP contribution in [0.25, 0.3) is 0 Å². The summed E-state index contributed by atoms with van der Waals surface area (Å²) >= 11 is 0. The highest BCUT2D eigenvalue weighted by Gasteiger charge is 2.26. The Labute approximate surface area is 161 Å². The van der Waals surface area contributed by atoms with Crippen molar-refractivity contribution in [3.05, 3.63) is 46.9 Å². The van der Waals surface area contributed by atoms with Crippen LogP contribution < -0.4 is 15.0 Å². The monoisotopic (exact) mass is 368 g/mol. The maximum Gasteiger partial charge on any atom is 0.223 e. The Balaban J connectivity index is 1.53. The summed E-state index contributed by atoms with van der Waals surface area (Å²) in [4.78, 5) is 23.9. The molecule has 0 aliphatic carbocycles. The number of ether oxygens (including phenoxy) is 1. The molecule has 6 heteroatoms. The molecule has 27 heavy (non-hydrogen) atoms. The molecule has 3 rings (SSSR count). The van der Waals surface area contributed by atoms with Gasteiger partial charge in [0.05, 0.1) is 7.11 Å². The van der Waals surface area contributed by atoms with Gasteiger partial charge in [0.1, 0.15) is 17.4 Å². The fourth-order valence-electron chi connectivity index (χ4n) is 3.49. The lowest BCUT2D eigenvalue weighted by atomic mass is 9.95. The molecule has 1 aliphatic rings. The van der Waals surface area contributed by atoms with Gasteiger partial charge in [-0.3, -0.25) is 4.79 Å². The topological polar surface area (TPSA) is 67.3 Å². The molecule has 1 N–H and O–H groups in total. The fraction of sp³-hybridized carbons (Fsp3) is 0.476. The predicted molar refractivity (Wildman–Crippen MR) is 106 cm³/mol. The predicted octanol–water partition coefficient (Wildman–Crippen LogP) is 2.94. The van der Waals surface area contributed by atoms with Crippen molar-refractivity contribution >= 4 is 11.7 Å². The van der Waals surface area contributed by atoms with Crippen LogP contribution >= 0.6 is 0 Å². The van der Waals surface area contributed by atoms with Crippen LogP contribution in [0, 0.1) is 26.7 Å². The smallest absolute Gasteiger partial charge is 0.223 e. The van der Waals surface area contributed by atoms with Gasteiger partial charge in [0, 0.05) is 36.8 Å². The highest BCUT2D eigenvalue weighted by molar-refractivity contribution is 5.79. The number of piperidine rings is 1. The number of nitrogens with zero attached hydrogens (tertiary/aromatic N) is 3. The SMILES string of the molecule is COc1ccc(CNC(=O)C2CCN(c3nc(C)nc(C)c3C)CC2)cc1. The molecule has 144 valence electrons. The molecule has 0 saturated carbocycles. The number of amides is 1. The van der Waals surface area contributed by atoms with E-state index in [1.807, 2.05) is 38.1 Å². The van der Waals surface area contributed by atoms with Crippen LogP contribution in [0.4, 0.5) is 5.82 Å². The maximum absolute atomic E-state index is 12.5. The summed E-state index contributed by atoms with van der Waals surface area (Å²) < 4.78 is 5.16. The Morgan fingerprint density at radius 1 is 1.15 bits per heavy atom. The molecule has 1 aliphatic heterocycles. The van der Waals surface area contributed by atoms with Crippen molar-refractivity contribution in [1.29, 1.82) is 0 Å². The first-order valence-corrected chi connectivity index (χ1v) is 9.45. The summed E-state index contributed by atoms with van der Waals surface area (Å²) in [6.45, 7) is 8.25. The number of nitrogens with one attached hydrogen (secondary N) is 1. The summed E-state index contributed by atoms with van der Waals surface area (Å²) in [5, 5.41) is 3.07. The van der Waals surface area contributed by atoms with Gasteiger partial charge in [0.25, 0.3) is 0 Å². The Morgan fingerprint density at radius 2 is 1.81 bits per heavy atom. The molecule has 2 aromatic rings. The Kier molecular flexibility index (Phi) is 5.94. The van der Waals surface area contributed by atoms with E-state index in [1.54, 1.807) is 7.11 Å². The number of methoxy groups -OCH3 is 1. The maximum atomic E-state index is 12.5. The van der Waals surface area contributed by atoms with Gasteiger partial charge >= 0.3 is 0 Å². The van der Waals surface area contributed by atoms with Gasteiger partial charge in [-0.05, 0) is 51.3 Å². The van der Waals surface area contributed by atoms with Crippen LogP contribution in [-0.2, 0) is 11.3 Å². The molecular weight excluding hydrogens is 340 g/mol. The highest BCUT2D eigenvalue weighted by Crippen LogP contribution is 2.26. The Hall–Kier alpha value is -2.63. The van der Waals surface area contributed by atoms with E-state index in [0.717, 1.165) is 60.1 Å². The van der Waals surface area contributed by atoms with Crippen molar-refractivity contribution in [3.8, 4) is 5.75 Å². The summed E-state index contributed by atoms with van der Waals surface area (Å²) in [6.07, 6.45) is 1.69. The second-order valence-electron chi connectivity index (χ2n) is 7.13. The van der Waals surface area contributed by atoms with Crippen molar-refractivity contribution in [2.75, 3.05) is 25.1 Å². The van der Waals surface area contributed by atoms with Gasteiger partial charge in [0.2, 0.25) is 5.91 Å². The molecule has 1 fully saturated rings. The second kappa shape index (κ2) is 8.37. The molecule has 0 unspecified atom stereocenters. The summed E-state index contributed by atoms with van der Waals surface area (Å²) in [7, 11) is 1.65. The molecule has 0 spiro atoms. The zero-order valence-electron chi connectivity index (χ0n) is 16.6. The van der Waals surface area contributed by atoms with E-state index in [1.165, 1.54) is 0 Å². The Bertz CT molecular complexity index is 797. The lowest BCUT2D eigenvalue weighted by Crippen LogP contribution is -2.41. The van der Waals surface area contributed by atoms with E-state index >= 15 is 0 Å². The highest BCUT2D eigenvalue weighted by atomic mass is 16.5. The van der Waals surface area contributed by atoms with Crippen LogP contribution in [0.2, 0.25) is 0 Å². The minimum Gasteiger partial charge on any atom is -0.497 e. The normalized spacial score (nSPS) is 14.9. The number of benzene rings is 1. The number of aromatic nitrogens is 2. The number of carbonyl (C=O) groups is 1. The first kappa shape index (κ1) is 19.1. The fourth-order valence-corrected chi connectivity index (χ4v) is 3.49. The third-order valence-electron chi connectivity index (χ3n) is 5.27. The van der Waals surface area contributed by atoms with E-state index in [4.69, 9.17) is 4.74 Å². The van der Waals surface area contributed by atoms with Crippen molar-refractivity contribution in [2.24, 2.45) is 5.92 Å². The molecule has 1 saturated heterocycles. The second-order valence-corrected chi connectivity index (χ2v) is 7.13. The summed E-state index contributed by atoms with van der Waals surface area (Å²) in [6, 6.07) is 7.77. The van der Waals surface area contributed by atoms with Crippen molar-refractivity contribution in [3.63, 3.8) is 0 Å². The average molecular weight is 368 g/mol. The average Bonchev–Trinajstić information content (AvgIpc) is 2.69. The lowest BCUT2D eigenvalue weighted by molar-refractivity contribution is -0.125. The standard InChI is InChI=1S/C21H28N4O2/c1-14-15(2)23-16(3)24-20(14)25-11-9-18(10-12-25)21(26)22-13-17-5-7-19(27-4)8-6-17/h5-8,18H,9-13H2,1-4H3,(H,22,26). The molecule has 1 aromatic carbocycles. The zero-order valence-corrected chi connectivity index (χ0v) is 16.6. The van der Waals surface area contributed by atoms with E-state index in [-0.39, 0.29) is 11.8 Å². The first-order valence-electron chi connectivity index (χ1n) is 9.45. The number of carbonyl (C=O) groups excluding carboxylic acids is 1. The third kappa shape index (κ3) is 4.56.